The number of para-hydroxylation sites is 1. The van der Waals surface area contributed by atoms with Gasteiger partial charge in [-0.25, -0.2) is 0 Å². The summed E-state index contributed by atoms with van der Waals surface area (Å²) >= 11 is 5.94. The van der Waals surface area contributed by atoms with E-state index in [9.17, 15) is 4.79 Å². The summed E-state index contributed by atoms with van der Waals surface area (Å²) in [6, 6.07) is 9.17. The van der Waals surface area contributed by atoms with Gasteiger partial charge in [0.15, 0.2) is 5.76 Å². The minimum Gasteiger partial charge on any atom is -0.453 e. The molecule has 3 rings (SSSR count). The lowest BCUT2D eigenvalue weighted by molar-refractivity contribution is 0.100. The summed E-state index contributed by atoms with van der Waals surface area (Å²) in [6.07, 6.45) is 1.44. The largest absolute Gasteiger partial charge is 0.453 e. The van der Waals surface area contributed by atoms with Gasteiger partial charge in [-0.05, 0) is 12.1 Å². The molecule has 0 bridgehead atoms. The smallest absolute Gasteiger partial charge is 0.247 e. The average Bonchev–Trinajstić information content (AvgIpc) is 2.92. The lowest BCUT2D eigenvalue weighted by Crippen LogP contribution is -2.07. The van der Waals surface area contributed by atoms with E-state index in [4.69, 9.17) is 16.0 Å². The minimum absolute atomic E-state index is 0.265. The van der Waals surface area contributed by atoms with Crippen LogP contribution in [-0.4, -0.2) is 15.6 Å². The number of nitrogens with zero attached hydrogens (tertiary/aromatic N) is 2. The van der Waals surface area contributed by atoms with Crippen molar-refractivity contribution in [2.75, 3.05) is 0 Å². The molecule has 0 aliphatic carbocycles. The monoisotopic (exact) mass is 260 g/mol. The van der Waals surface area contributed by atoms with Gasteiger partial charge in [-0.3, -0.25) is 9.48 Å². The molecule has 0 N–H and O–H groups in total. The van der Waals surface area contributed by atoms with Crippen molar-refractivity contribution in [3.63, 3.8) is 0 Å². The summed E-state index contributed by atoms with van der Waals surface area (Å²) in [5.74, 6) is -0.00194. The molecule has 90 valence electrons. The van der Waals surface area contributed by atoms with Crippen LogP contribution in [-0.2, 0) is 7.05 Å². The molecule has 5 heteroatoms. The first kappa shape index (κ1) is 11.0. The van der Waals surface area contributed by atoms with Crippen LogP contribution >= 0.6 is 11.6 Å². The van der Waals surface area contributed by atoms with Gasteiger partial charge in [-0.1, -0.05) is 29.8 Å². The molecule has 0 aliphatic rings. The van der Waals surface area contributed by atoms with Crippen LogP contribution in [0.1, 0.15) is 16.2 Å². The lowest BCUT2D eigenvalue weighted by Gasteiger charge is -1.98. The van der Waals surface area contributed by atoms with E-state index < -0.39 is 0 Å². The Morgan fingerprint density at radius 1 is 1.39 bits per heavy atom. The number of hydrogen-bond donors (Lipinski definition) is 0. The van der Waals surface area contributed by atoms with Crippen LogP contribution in [0.4, 0.5) is 0 Å². The van der Waals surface area contributed by atoms with Crippen molar-refractivity contribution in [2.24, 2.45) is 7.05 Å². The summed E-state index contributed by atoms with van der Waals surface area (Å²) in [5, 5.41) is 5.15. The Morgan fingerprint density at radius 3 is 2.83 bits per heavy atom. The maximum absolute atomic E-state index is 12.3. The van der Waals surface area contributed by atoms with Crippen molar-refractivity contribution < 1.29 is 9.21 Å². The Hall–Kier alpha value is -2.07. The van der Waals surface area contributed by atoms with E-state index in [0.717, 1.165) is 5.39 Å². The first-order valence-corrected chi connectivity index (χ1v) is 5.75. The maximum atomic E-state index is 12.3. The van der Waals surface area contributed by atoms with Crippen molar-refractivity contribution in [2.45, 2.75) is 0 Å². The van der Waals surface area contributed by atoms with Crippen molar-refractivity contribution in [3.8, 4) is 0 Å². The molecule has 0 atom stereocenters. The second-order valence-corrected chi connectivity index (χ2v) is 4.35. The molecule has 0 saturated heterocycles. The zero-order valence-corrected chi connectivity index (χ0v) is 10.3. The van der Waals surface area contributed by atoms with Gasteiger partial charge in [-0.15, -0.1) is 0 Å². The number of aryl methyl sites for hydroxylation is 1. The fourth-order valence-corrected chi connectivity index (χ4v) is 2.13. The molecule has 3 aromatic rings. The number of benzene rings is 1. The van der Waals surface area contributed by atoms with E-state index in [1.165, 1.54) is 10.9 Å². The van der Waals surface area contributed by atoms with Crippen LogP contribution < -0.4 is 0 Å². The Balaban J connectivity index is 2.12. The third-order valence-electron chi connectivity index (χ3n) is 2.76. The van der Waals surface area contributed by atoms with Crippen LogP contribution in [0.3, 0.4) is 0 Å². The first-order valence-electron chi connectivity index (χ1n) is 5.37. The molecule has 0 saturated carbocycles. The number of ketones is 1. The molecule has 0 spiro atoms. The first-order chi connectivity index (χ1) is 8.66. The predicted molar refractivity (Wildman–Crippen MR) is 67.9 cm³/mol. The molecule has 1 aromatic carbocycles. The fraction of sp³-hybridized carbons (Fsp3) is 0.0769. The van der Waals surface area contributed by atoms with Crippen LogP contribution in [0.5, 0.6) is 0 Å². The van der Waals surface area contributed by atoms with Crippen molar-refractivity contribution in [1.82, 2.24) is 9.78 Å². The third kappa shape index (κ3) is 1.62. The predicted octanol–water partition coefficient (Wildman–Crippen LogP) is 3.05. The lowest BCUT2D eigenvalue weighted by atomic mass is 10.2. The summed E-state index contributed by atoms with van der Waals surface area (Å²) in [5.41, 5.74) is 1.01. The van der Waals surface area contributed by atoms with E-state index in [1.54, 1.807) is 13.1 Å². The number of furan rings is 1. The van der Waals surface area contributed by atoms with Gasteiger partial charge in [0.2, 0.25) is 5.78 Å². The number of hydrogen-bond acceptors (Lipinski definition) is 3. The van der Waals surface area contributed by atoms with Gasteiger partial charge in [0.25, 0.3) is 0 Å². The standard InChI is InChI=1S/C13H9ClN2O2/c1-16-12(9(14)7-15-16)13(17)11-6-8-4-2-3-5-10(8)18-11/h2-7H,1H3. The van der Waals surface area contributed by atoms with Crippen molar-refractivity contribution in [1.29, 1.82) is 0 Å². The summed E-state index contributed by atoms with van der Waals surface area (Å²) < 4.78 is 6.96. The van der Waals surface area contributed by atoms with E-state index in [0.29, 0.717) is 16.3 Å². The molecule has 2 aromatic heterocycles. The number of carbonyl (C=O) groups excluding carboxylic acids is 1. The maximum Gasteiger partial charge on any atom is 0.247 e. The highest BCUT2D eigenvalue weighted by molar-refractivity contribution is 6.34. The summed E-state index contributed by atoms with van der Waals surface area (Å²) in [7, 11) is 1.67. The zero-order chi connectivity index (χ0) is 12.7. The molecule has 0 amide bonds. The SMILES string of the molecule is Cn1ncc(Cl)c1C(=O)c1cc2ccccc2o1. The van der Waals surface area contributed by atoms with Crippen LogP contribution in [0, 0.1) is 0 Å². The Morgan fingerprint density at radius 2 is 2.17 bits per heavy atom. The average molecular weight is 261 g/mol. The van der Waals surface area contributed by atoms with Gasteiger partial charge >= 0.3 is 0 Å². The van der Waals surface area contributed by atoms with Crippen molar-refractivity contribution >= 4 is 28.4 Å². The minimum atomic E-state index is -0.267. The van der Waals surface area contributed by atoms with E-state index in [2.05, 4.69) is 5.10 Å². The van der Waals surface area contributed by atoms with E-state index in [-0.39, 0.29) is 11.5 Å². The second-order valence-electron chi connectivity index (χ2n) is 3.94. The summed E-state index contributed by atoms with van der Waals surface area (Å²) in [4.78, 5) is 12.3. The third-order valence-corrected chi connectivity index (χ3v) is 3.04. The van der Waals surface area contributed by atoms with Crippen LogP contribution in [0.25, 0.3) is 11.0 Å². The van der Waals surface area contributed by atoms with Crippen LogP contribution in [0.2, 0.25) is 5.02 Å². The molecule has 2 heterocycles. The molecule has 0 aliphatic heterocycles. The van der Waals surface area contributed by atoms with Gasteiger partial charge < -0.3 is 4.42 Å². The fourth-order valence-electron chi connectivity index (χ4n) is 1.88. The molecular weight excluding hydrogens is 252 g/mol. The Bertz CT molecular complexity index is 690. The van der Waals surface area contributed by atoms with Crippen molar-refractivity contribution in [3.05, 3.63) is 53.0 Å². The van der Waals surface area contributed by atoms with Gasteiger partial charge in [0, 0.05) is 12.4 Å². The number of carbonyl (C=O) groups is 1. The Labute approximate surface area is 108 Å². The molecule has 0 unspecified atom stereocenters. The summed E-state index contributed by atoms with van der Waals surface area (Å²) in [6.45, 7) is 0. The Kier molecular flexibility index (Phi) is 2.45. The molecule has 0 radical (unpaired) electrons. The van der Waals surface area contributed by atoms with E-state index in [1.807, 2.05) is 24.3 Å². The van der Waals surface area contributed by atoms with Gasteiger partial charge in [-0.2, -0.15) is 5.10 Å². The molecular formula is C13H9ClN2O2. The second kappa shape index (κ2) is 3.99. The zero-order valence-electron chi connectivity index (χ0n) is 9.55. The van der Waals surface area contributed by atoms with Crippen LogP contribution in [0.15, 0.2) is 40.9 Å². The topological polar surface area (TPSA) is 48.0 Å². The highest BCUT2D eigenvalue weighted by Gasteiger charge is 2.21. The molecule has 4 nitrogen and oxygen atoms in total. The number of fused-ring (bicyclic) bond motifs is 1. The quantitative estimate of drug-likeness (QED) is 0.666. The normalized spacial score (nSPS) is 11.0. The molecule has 18 heavy (non-hydrogen) atoms. The van der Waals surface area contributed by atoms with E-state index >= 15 is 0 Å². The highest BCUT2D eigenvalue weighted by atomic mass is 35.5. The van der Waals surface area contributed by atoms with Gasteiger partial charge in [0.05, 0.1) is 11.2 Å². The highest BCUT2D eigenvalue weighted by Crippen LogP contribution is 2.23. The number of rotatable bonds is 2. The number of halogens is 1. The van der Waals surface area contributed by atoms with Gasteiger partial charge in [0.1, 0.15) is 11.3 Å². The number of aromatic nitrogens is 2. The molecule has 0 fully saturated rings.